The molecule has 0 aliphatic carbocycles. The molecule has 0 amide bonds. The highest BCUT2D eigenvalue weighted by atomic mass is 19.1. The molecule has 3 nitrogen and oxygen atoms in total. The van der Waals surface area contributed by atoms with Crippen LogP contribution < -0.4 is 5.73 Å². The number of benzene rings is 1. The highest BCUT2D eigenvalue weighted by Crippen LogP contribution is 2.28. The maximum atomic E-state index is 12.9. The Kier molecular flexibility index (Phi) is 4.91. The molecule has 1 aromatic carbocycles. The monoisotopic (exact) mass is 263 g/mol. The van der Waals surface area contributed by atoms with Crippen LogP contribution in [0.1, 0.15) is 37.2 Å². The molecule has 0 aromatic heterocycles. The van der Waals surface area contributed by atoms with Crippen LogP contribution in [0.2, 0.25) is 0 Å². The fourth-order valence-electron chi connectivity index (χ4n) is 2.72. The van der Waals surface area contributed by atoms with E-state index in [0.717, 1.165) is 38.9 Å². The quantitative estimate of drug-likeness (QED) is 0.634. The van der Waals surface area contributed by atoms with Gasteiger partial charge in [-0.1, -0.05) is 12.1 Å². The number of nitrogens with two attached hydrogens (primary N) is 1. The normalized spacial score (nSPS) is 17.5. The zero-order valence-corrected chi connectivity index (χ0v) is 11.2. The lowest BCUT2D eigenvalue weighted by atomic mass is 9.89. The van der Waals surface area contributed by atoms with Gasteiger partial charge in [-0.2, -0.15) is 0 Å². The topological polar surface area (TPSA) is 53.1 Å². The summed E-state index contributed by atoms with van der Waals surface area (Å²) < 4.78 is 12.9. The fraction of sp³-hybridized carbons (Fsp3) is 0.533. The van der Waals surface area contributed by atoms with Gasteiger partial charge in [0.2, 0.25) is 0 Å². The smallest absolute Gasteiger partial charge is 0.123 e. The van der Waals surface area contributed by atoms with E-state index in [1.165, 1.54) is 5.56 Å². The summed E-state index contributed by atoms with van der Waals surface area (Å²) in [5, 5.41) is 7.20. The van der Waals surface area contributed by atoms with Crippen LogP contribution in [-0.4, -0.2) is 30.4 Å². The average Bonchev–Trinajstić information content (AvgIpc) is 2.40. The molecule has 1 aromatic rings. The van der Waals surface area contributed by atoms with Crippen molar-refractivity contribution in [2.75, 3.05) is 19.6 Å². The van der Waals surface area contributed by atoms with Crippen molar-refractivity contribution >= 4 is 5.84 Å². The van der Waals surface area contributed by atoms with E-state index in [1.807, 2.05) is 12.1 Å². The molecule has 0 atom stereocenters. The summed E-state index contributed by atoms with van der Waals surface area (Å²) in [6, 6.07) is 6.92. The van der Waals surface area contributed by atoms with E-state index in [-0.39, 0.29) is 11.7 Å². The molecule has 0 unspecified atom stereocenters. The Hall–Kier alpha value is -1.42. The lowest BCUT2D eigenvalue weighted by Crippen LogP contribution is -2.34. The van der Waals surface area contributed by atoms with Crippen LogP contribution in [0.15, 0.2) is 24.3 Å². The van der Waals surface area contributed by atoms with Gasteiger partial charge in [0, 0.05) is 6.42 Å². The van der Waals surface area contributed by atoms with Crippen LogP contribution in [0.5, 0.6) is 0 Å². The van der Waals surface area contributed by atoms with Gasteiger partial charge >= 0.3 is 0 Å². The van der Waals surface area contributed by atoms with Crippen LogP contribution in [0, 0.1) is 11.2 Å². The molecule has 0 radical (unpaired) electrons. The summed E-state index contributed by atoms with van der Waals surface area (Å²) >= 11 is 0. The van der Waals surface area contributed by atoms with Crippen molar-refractivity contribution in [3.05, 3.63) is 35.6 Å². The maximum Gasteiger partial charge on any atom is 0.123 e. The fourth-order valence-corrected chi connectivity index (χ4v) is 2.72. The number of likely N-dealkylation sites (tertiary alicyclic amines) is 1. The number of rotatable bonds is 5. The van der Waals surface area contributed by atoms with E-state index in [9.17, 15) is 4.39 Å². The van der Waals surface area contributed by atoms with Crippen LogP contribution in [0.3, 0.4) is 0 Å². The number of hydrogen-bond donors (Lipinski definition) is 2. The molecule has 19 heavy (non-hydrogen) atoms. The van der Waals surface area contributed by atoms with E-state index in [1.54, 1.807) is 12.1 Å². The van der Waals surface area contributed by atoms with Crippen LogP contribution in [0.4, 0.5) is 4.39 Å². The molecule has 1 heterocycles. The first kappa shape index (κ1) is 14.0. The molecule has 1 aliphatic heterocycles. The summed E-state index contributed by atoms with van der Waals surface area (Å²) in [4.78, 5) is 2.43. The molecule has 1 saturated heterocycles. The molecule has 1 fully saturated rings. The minimum absolute atomic E-state index is 0.162. The third kappa shape index (κ3) is 4.31. The van der Waals surface area contributed by atoms with E-state index in [2.05, 4.69) is 4.90 Å². The summed E-state index contributed by atoms with van der Waals surface area (Å²) in [5.74, 6) is 0.677. The number of nitrogens with zero attached hydrogens (tertiary/aromatic N) is 1. The molecule has 104 valence electrons. The van der Waals surface area contributed by atoms with Gasteiger partial charge in [0.1, 0.15) is 5.82 Å². The van der Waals surface area contributed by atoms with Gasteiger partial charge in [-0.15, -0.1) is 0 Å². The van der Waals surface area contributed by atoms with Gasteiger partial charge in [-0.3, -0.25) is 5.41 Å². The van der Waals surface area contributed by atoms with Crippen molar-refractivity contribution in [3.8, 4) is 0 Å². The third-order valence-electron chi connectivity index (χ3n) is 3.85. The number of halogens is 1. The summed E-state index contributed by atoms with van der Waals surface area (Å²) in [7, 11) is 0. The van der Waals surface area contributed by atoms with Crippen LogP contribution in [-0.2, 0) is 0 Å². The van der Waals surface area contributed by atoms with E-state index < -0.39 is 0 Å². The van der Waals surface area contributed by atoms with Gasteiger partial charge in [-0.05, 0) is 62.5 Å². The zero-order chi connectivity index (χ0) is 13.7. The highest BCUT2D eigenvalue weighted by molar-refractivity contribution is 5.76. The second-order valence-electron chi connectivity index (χ2n) is 5.30. The number of hydrogen-bond acceptors (Lipinski definition) is 2. The standard InChI is InChI=1S/C15H22FN3/c16-14-5-3-12(4-6-14)13-7-10-19(11-8-13)9-1-2-15(17)18/h3-6,13H,1-2,7-11H2,(H3,17,18). The van der Waals surface area contributed by atoms with Crippen LogP contribution in [0.25, 0.3) is 0 Å². The number of piperidine rings is 1. The minimum Gasteiger partial charge on any atom is -0.388 e. The average molecular weight is 263 g/mol. The van der Waals surface area contributed by atoms with Gasteiger partial charge in [0.05, 0.1) is 5.84 Å². The number of nitrogens with one attached hydrogen (secondary N) is 1. The second-order valence-corrected chi connectivity index (χ2v) is 5.30. The lowest BCUT2D eigenvalue weighted by molar-refractivity contribution is 0.211. The van der Waals surface area contributed by atoms with Crippen molar-refractivity contribution in [3.63, 3.8) is 0 Å². The molecule has 1 aliphatic rings. The first-order valence-electron chi connectivity index (χ1n) is 6.96. The van der Waals surface area contributed by atoms with Gasteiger partial charge in [0.15, 0.2) is 0 Å². The Labute approximate surface area is 114 Å². The molecular formula is C15H22FN3. The van der Waals surface area contributed by atoms with E-state index in [0.29, 0.717) is 12.3 Å². The summed E-state index contributed by atoms with van der Waals surface area (Å²) in [6.07, 6.45) is 3.92. The van der Waals surface area contributed by atoms with Gasteiger partial charge in [0.25, 0.3) is 0 Å². The third-order valence-corrected chi connectivity index (χ3v) is 3.85. The molecule has 0 saturated carbocycles. The molecule has 4 heteroatoms. The van der Waals surface area contributed by atoms with Crippen LogP contribution >= 0.6 is 0 Å². The first-order chi connectivity index (χ1) is 9.15. The van der Waals surface area contributed by atoms with Crippen molar-refractivity contribution < 1.29 is 4.39 Å². The van der Waals surface area contributed by atoms with E-state index in [4.69, 9.17) is 11.1 Å². The second kappa shape index (κ2) is 6.66. The van der Waals surface area contributed by atoms with Crippen molar-refractivity contribution in [1.29, 1.82) is 5.41 Å². The molecule has 2 rings (SSSR count). The van der Waals surface area contributed by atoms with Gasteiger partial charge < -0.3 is 10.6 Å². The Morgan fingerprint density at radius 1 is 1.26 bits per heavy atom. The Morgan fingerprint density at radius 3 is 2.47 bits per heavy atom. The van der Waals surface area contributed by atoms with Crippen molar-refractivity contribution in [2.45, 2.75) is 31.6 Å². The molecule has 0 spiro atoms. The predicted molar refractivity (Wildman–Crippen MR) is 76.0 cm³/mol. The Bertz CT molecular complexity index is 408. The van der Waals surface area contributed by atoms with E-state index >= 15 is 0 Å². The largest absolute Gasteiger partial charge is 0.388 e. The Balaban J connectivity index is 1.76. The molecule has 3 N–H and O–H groups in total. The SMILES string of the molecule is N=C(N)CCCN1CCC(c2ccc(F)cc2)CC1. The maximum absolute atomic E-state index is 12.9. The molecular weight excluding hydrogens is 241 g/mol. The Morgan fingerprint density at radius 2 is 1.89 bits per heavy atom. The summed E-state index contributed by atoms with van der Waals surface area (Å²) in [5.41, 5.74) is 6.61. The van der Waals surface area contributed by atoms with Crippen molar-refractivity contribution in [2.24, 2.45) is 5.73 Å². The van der Waals surface area contributed by atoms with Gasteiger partial charge in [-0.25, -0.2) is 4.39 Å². The summed E-state index contributed by atoms with van der Waals surface area (Å²) in [6.45, 7) is 3.19. The molecule has 0 bridgehead atoms. The number of amidine groups is 1. The highest BCUT2D eigenvalue weighted by Gasteiger charge is 2.20. The predicted octanol–water partition coefficient (Wildman–Crippen LogP) is 2.72. The lowest BCUT2D eigenvalue weighted by Gasteiger charge is -2.32. The minimum atomic E-state index is -0.162. The zero-order valence-electron chi connectivity index (χ0n) is 11.2. The first-order valence-corrected chi connectivity index (χ1v) is 6.96. The van der Waals surface area contributed by atoms with Crippen molar-refractivity contribution in [1.82, 2.24) is 4.90 Å².